The van der Waals surface area contributed by atoms with E-state index in [9.17, 15) is 4.79 Å². The molecule has 0 aliphatic heterocycles. The Labute approximate surface area is 107 Å². The van der Waals surface area contributed by atoms with E-state index in [-0.39, 0.29) is 11.5 Å². The third-order valence-electron chi connectivity index (χ3n) is 2.15. The highest BCUT2D eigenvalue weighted by molar-refractivity contribution is 6.34. The maximum absolute atomic E-state index is 11.8. The number of amides is 1. The van der Waals surface area contributed by atoms with E-state index in [1.807, 2.05) is 0 Å². The van der Waals surface area contributed by atoms with E-state index in [4.69, 9.17) is 22.1 Å². The first-order chi connectivity index (χ1) is 8.61. The highest BCUT2D eigenvalue weighted by atomic mass is 35.5. The smallest absolute Gasteiger partial charge is 0.281 e. The highest BCUT2D eigenvalue weighted by Gasteiger charge is 2.17. The second-order valence-corrected chi connectivity index (χ2v) is 3.71. The molecule has 1 aromatic heterocycles. The lowest BCUT2D eigenvalue weighted by Crippen LogP contribution is -2.14. The van der Waals surface area contributed by atoms with Gasteiger partial charge in [0, 0.05) is 6.07 Å². The Kier molecular flexibility index (Phi) is 3.33. The Morgan fingerprint density at radius 3 is 2.89 bits per heavy atom. The molecule has 8 heteroatoms. The van der Waals surface area contributed by atoms with Gasteiger partial charge in [0.2, 0.25) is 11.5 Å². The van der Waals surface area contributed by atoms with Crippen LogP contribution in [0.25, 0.3) is 0 Å². The van der Waals surface area contributed by atoms with Gasteiger partial charge < -0.3 is 15.8 Å². The van der Waals surface area contributed by atoms with Gasteiger partial charge in [0.15, 0.2) is 0 Å². The minimum Gasteiger partial charge on any atom is -0.497 e. The Bertz CT molecular complexity index is 584. The minimum absolute atomic E-state index is 0.0912. The predicted molar refractivity (Wildman–Crippen MR) is 64.7 cm³/mol. The van der Waals surface area contributed by atoms with Crippen molar-refractivity contribution in [3.8, 4) is 5.75 Å². The number of methoxy groups -OCH3 is 1. The molecule has 1 amide bonds. The van der Waals surface area contributed by atoms with Crippen molar-refractivity contribution in [3.63, 3.8) is 0 Å². The Balaban J connectivity index is 2.24. The maximum Gasteiger partial charge on any atom is 0.281 e. The Morgan fingerprint density at radius 1 is 1.50 bits per heavy atom. The number of hydrogen-bond acceptors (Lipinski definition) is 6. The number of aromatic nitrogens is 2. The first kappa shape index (κ1) is 12.2. The van der Waals surface area contributed by atoms with Crippen molar-refractivity contribution in [3.05, 3.63) is 28.9 Å². The molecule has 3 N–H and O–H groups in total. The first-order valence-electron chi connectivity index (χ1n) is 4.84. The fourth-order valence-electron chi connectivity index (χ4n) is 1.26. The van der Waals surface area contributed by atoms with Crippen molar-refractivity contribution in [1.82, 2.24) is 10.3 Å². The second-order valence-electron chi connectivity index (χ2n) is 3.30. The van der Waals surface area contributed by atoms with Crippen molar-refractivity contribution in [2.45, 2.75) is 0 Å². The summed E-state index contributed by atoms with van der Waals surface area (Å²) in [4.78, 5) is 11.8. The van der Waals surface area contributed by atoms with Gasteiger partial charge in [-0.15, -0.1) is 0 Å². The zero-order valence-corrected chi connectivity index (χ0v) is 10.1. The molecule has 0 bridgehead atoms. The van der Waals surface area contributed by atoms with Crippen LogP contribution in [0.4, 0.5) is 11.5 Å². The van der Waals surface area contributed by atoms with Gasteiger partial charge in [-0.3, -0.25) is 4.79 Å². The Morgan fingerprint density at radius 2 is 2.28 bits per heavy atom. The highest BCUT2D eigenvalue weighted by Crippen LogP contribution is 2.27. The van der Waals surface area contributed by atoms with Gasteiger partial charge in [0.05, 0.1) is 17.8 Å². The van der Waals surface area contributed by atoms with Crippen LogP contribution in [0, 0.1) is 0 Å². The summed E-state index contributed by atoms with van der Waals surface area (Å²) in [6, 6.07) is 4.84. The number of carbonyl (C=O) groups is 1. The first-order valence-corrected chi connectivity index (χ1v) is 5.22. The monoisotopic (exact) mass is 268 g/mol. The molecular weight excluding hydrogens is 260 g/mol. The summed E-state index contributed by atoms with van der Waals surface area (Å²) in [5.41, 5.74) is 5.68. The number of rotatable bonds is 3. The molecule has 0 saturated carbocycles. The third-order valence-corrected chi connectivity index (χ3v) is 2.48. The second kappa shape index (κ2) is 4.92. The van der Waals surface area contributed by atoms with Crippen LogP contribution in [0.5, 0.6) is 5.75 Å². The molecule has 0 radical (unpaired) electrons. The quantitative estimate of drug-likeness (QED) is 0.876. The van der Waals surface area contributed by atoms with Gasteiger partial charge in [0.1, 0.15) is 5.75 Å². The van der Waals surface area contributed by atoms with E-state index in [0.29, 0.717) is 16.5 Å². The van der Waals surface area contributed by atoms with E-state index < -0.39 is 5.91 Å². The number of carbonyl (C=O) groups excluding carboxylic acids is 1. The fraction of sp³-hybridized carbons (Fsp3) is 0.100. The molecule has 0 unspecified atom stereocenters. The number of nitrogens with zero attached hydrogens (tertiary/aromatic N) is 2. The molecule has 2 aromatic rings. The van der Waals surface area contributed by atoms with Crippen molar-refractivity contribution in [1.29, 1.82) is 0 Å². The van der Waals surface area contributed by atoms with Crippen molar-refractivity contribution >= 4 is 29.0 Å². The number of ether oxygens (including phenoxy) is 1. The van der Waals surface area contributed by atoms with Crippen LogP contribution in [-0.4, -0.2) is 23.3 Å². The van der Waals surface area contributed by atoms with Gasteiger partial charge in [-0.05, 0) is 22.4 Å². The standard InChI is InChI=1S/C10H9ClN4O3/c1-17-5-2-3-6(11)7(4-5)13-10(16)8-9(12)15-18-14-8/h2-4H,1H3,(H2,12,15)(H,13,16). The van der Waals surface area contributed by atoms with Crippen LogP contribution < -0.4 is 15.8 Å². The molecule has 0 fully saturated rings. The maximum atomic E-state index is 11.8. The van der Waals surface area contributed by atoms with E-state index in [2.05, 4.69) is 20.3 Å². The van der Waals surface area contributed by atoms with Gasteiger partial charge in [-0.1, -0.05) is 11.6 Å². The normalized spacial score (nSPS) is 10.1. The summed E-state index contributed by atoms with van der Waals surface area (Å²) in [7, 11) is 1.51. The van der Waals surface area contributed by atoms with Crippen LogP contribution in [0.1, 0.15) is 10.5 Å². The van der Waals surface area contributed by atoms with Crippen LogP contribution in [0.3, 0.4) is 0 Å². The Hall–Kier alpha value is -2.28. The van der Waals surface area contributed by atoms with Crippen LogP contribution >= 0.6 is 11.6 Å². The van der Waals surface area contributed by atoms with Crippen LogP contribution in [-0.2, 0) is 0 Å². The summed E-state index contributed by atoms with van der Waals surface area (Å²) in [6.07, 6.45) is 0. The lowest BCUT2D eigenvalue weighted by molar-refractivity contribution is 0.101. The molecule has 0 atom stereocenters. The van der Waals surface area contributed by atoms with Crippen molar-refractivity contribution in [2.24, 2.45) is 0 Å². The number of nitrogens with one attached hydrogen (secondary N) is 1. The van der Waals surface area contributed by atoms with Gasteiger partial charge in [0.25, 0.3) is 5.91 Å². The van der Waals surface area contributed by atoms with E-state index >= 15 is 0 Å². The molecule has 0 spiro atoms. The molecular formula is C10H9ClN4O3. The third kappa shape index (κ3) is 2.35. The molecule has 18 heavy (non-hydrogen) atoms. The summed E-state index contributed by atoms with van der Waals surface area (Å²) < 4.78 is 9.36. The zero-order valence-electron chi connectivity index (χ0n) is 9.31. The molecule has 2 rings (SSSR count). The summed E-state index contributed by atoms with van der Waals surface area (Å²) >= 11 is 5.94. The summed E-state index contributed by atoms with van der Waals surface area (Å²) in [5.74, 6) is -0.101. The predicted octanol–water partition coefficient (Wildman–Crippen LogP) is 1.57. The molecule has 0 aliphatic carbocycles. The van der Waals surface area contributed by atoms with E-state index in [1.165, 1.54) is 7.11 Å². The van der Waals surface area contributed by atoms with Crippen molar-refractivity contribution in [2.75, 3.05) is 18.2 Å². The molecule has 0 aliphatic rings. The van der Waals surface area contributed by atoms with Crippen LogP contribution in [0.15, 0.2) is 22.8 Å². The molecule has 1 aromatic carbocycles. The summed E-state index contributed by atoms with van der Waals surface area (Å²) in [5, 5.41) is 9.59. The average molecular weight is 269 g/mol. The zero-order chi connectivity index (χ0) is 13.1. The lowest BCUT2D eigenvalue weighted by Gasteiger charge is -2.07. The SMILES string of the molecule is COc1ccc(Cl)c(NC(=O)c2nonc2N)c1. The van der Waals surface area contributed by atoms with Gasteiger partial charge >= 0.3 is 0 Å². The largest absolute Gasteiger partial charge is 0.497 e. The number of benzene rings is 1. The fourth-order valence-corrected chi connectivity index (χ4v) is 1.43. The van der Waals surface area contributed by atoms with Gasteiger partial charge in [-0.25, -0.2) is 4.63 Å². The molecule has 0 saturated heterocycles. The van der Waals surface area contributed by atoms with E-state index in [1.54, 1.807) is 18.2 Å². The summed E-state index contributed by atoms with van der Waals surface area (Å²) in [6.45, 7) is 0. The average Bonchev–Trinajstić information content (AvgIpc) is 2.78. The molecule has 7 nitrogen and oxygen atoms in total. The number of halogens is 1. The minimum atomic E-state index is -0.566. The van der Waals surface area contributed by atoms with Gasteiger partial charge in [-0.2, -0.15) is 0 Å². The lowest BCUT2D eigenvalue weighted by atomic mass is 10.3. The number of anilines is 2. The van der Waals surface area contributed by atoms with E-state index in [0.717, 1.165) is 0 Å². The number of nitrogen functional groups attached to an aromatic ring is 1. The topological polar surface area (TPSA) is 103 Å². The number of hydrogen-bond donors (Lipinski definition) is 2. The number of nitrogens with two attached hydrogens (primary N) is 1. The molecule has 94 valence electrons. The van der Waals surface area contributed by atoms with Crippen LogP contribution in [0.2, 0.25) is 5.02 Å². The van der Waals surface area contributed by atoms with Crippen molar-refractivity contribution < 1.29 is 14.2 Å². The molecule has 1 heterocycles.